The molecule has 4 rings (SSSR count). The predicted octanol–water partition coefficient (Wildman–Crippen LogP) is 2.80. The Labute approximate surface area is 216 Å². The normalized spacial score (nSPS) is 15.0. The number of pyridine rings is 2. The number of hydrogen-bond acceptors (Lipinski definition) is 9. The molecule has 11 heteroatoms. The van der Waals surface area contributed by atoms with Crippen LogP contribution in [-0.4, -0.2) is 68.9 Å². The Balaban J connectivity index is 1.22. The van der Waals surface area contributed by atoms with Crippen LogP contribution < -0.4 is 20.9 Å². The predicted molar refractivity (Wildman–Crippen MR) is 141 cm³/mol. The van der Waals surface area contributed by atoms with E-state index in [1.165, 1.54) is 6.20 Å². The largest absolute Gasteiger partial charge is 0.495 e. The monoisotopic (exact) mass is 509 g/mol. The number of nitrogens with zero attached hydrogens (tertiary/aromatic N) is 5. The zero-order valence-corrected chi connectivity index (χ0v) is 21.9. The molecule has 1 aliphatic heterocycles. The lowest BCUT2D eigenvalue weighted by Gasteiger charge is -2.32. The van der Waals surface area contributed by atoms with E-state index < -0.39 is 11.7 Å². The minimum atomic E-state index is -0.573. The van der Waals surface area contributed by atoms with Gasteiger partial charge in [-0.3, -0.25) is 20.1 Å². The highest BCUT2D eigenvalue weighted by atomic mass is 16.6. The minimum absolute atomic E-state index is 0.0347. The third kappa shape index (κ3) is 7.46. The first kappa shape index (κ1) is 26.5. The maximum Gasteiger partial charge on any atom is 0.413 e. The molecule has 3 aromatic heterocycles. The molecule has 37 heavy (non-hydrogen) atoms. The number of fused-ring (bicyclic) bond motifs is 1. The highest BCUT2D eigenvalue weighted by molar-refractivity contribution is 5.83. The average molecular weight is 510 g/mol. The molecular formula is C26H35N7O4. The van der Waals surface area contributed by atoms with Crippen LogP contribution in [0.25, 0.3) is 11.0 Å². The molecule has 0 aliphatic carbocycles. The maximum absolute atomic E-state index is 12.5. The van der Waals surface area contributed by atoms with Crippen LogP contribution in [0.5, 0.6) is 5.75 Å². The lowest BCUT2D eigenvalue weighted by Crippen LogP contribution is -2.43. The number of carbonyl (C=O) groups excluding carboxylic acids is 1. The Kier molecular flexibility index (Phi) is 8.34. The minimum Gasteiger partial charge on any atom is -0.495 e. The van der Waals surface area contributed by atoms with Gasteiger partial charge in [0, 0.05) is 37.8 Å². The van der Waals surface area contributed by atoms with Crippen molar-refractivity contribution in [3.63, 3.8) is 0 Å². The summed E-state index contributed by atoms with van der Waals surface area (Å²) in [6, 6.07) is 5.57. The summed E-state index contributed by atoms with van der Waals surface area (Å²) < 4.78 is 12.3. The fraction of sp³-hybridized carbons (Fsp3) is 0.500. The molecule has 1 amide bonds. The van der Waals surface area contributed by atoms with Gasteiger partial charge in [0.1, 0.15) is 11.4 Å². The molecule has 0 unspecified atom stereocenters. The number of ether oxygens (including phenoxy) is 2. The van der Waals surface area contributed by atoms with Crippen LogP contribution in [0.15, 0.2) is 41.6 Å². The van der Waals surface area contributed by atoms with E-state index in [1.54, 1.807) is 57.0 Å². The molecule has 0 saturated carbocycles. The zero-order chi connectivity index (χ0) is 26.4. The van der Waals surface area contributed by atoms with Crippen LogP contribution >= 0.6 is 0 Å². The highest BCUT2D eigenvalue weighted by Crippen LogP contribution is 2.17. The second kappa shape index (κ2) is 11.7. The number of piperidine rings is 1. The van der Waals surface area contributed by atoms with E-state index >= 15 is 0 Å². The van der Waals surface area contributed by atoms with Crippen molar-refractivity contribution in [1.82, 2.24) is 29.7 Å². The number of hydrogen-bond donors (Lipinski definition) is 2. The summed E-state index contributed by atoms with van der Waals surface area (Å²) in [7, 11) is 1.60. The number of rotatable bonds is 8. The van der Waals surface area contributed by atoms with Crippen molar-refractivity contribution >= 4 is 22.9 Å². The van der Waals surface area contributed by atoms with Gasteiger partial charge in [0.2, 0.25) is 0 Å². The van der Waals surface area contributed by atoms with Gasteiger partial charge in [-0.15, -0.1) is 0 Å². The van der Waals surface area contributed by atoms with Gasteiger partial charge in [0.25, 0.3) is 5.56 Å². The lowest BCUT2D eigenvalue weighted by molar-refractivity contribution is 0.0635. The molecule has 3 aromatic rings. The molecule has 1 aliphatic rings. The number of likely N-dealkylation sites (tertiary alicyclic amines) is 1. The molecular weight excluding hydrogens is 474 g/mol. The molecule has 0 bridgehead atoms. The number of amides is 1. The maximum atomic E-state index is 12.5. The fourth-order valence-electron chi connectivity index (χ4n) is 4.26. The van der Waals surface area contributed by atoms with E-state index in [-0.39, 0.29) is 5.56 Å². The molecule has 0 radical (unpaired) electrons. The first-order valence-electron chi connectivity index (χ1n) is 12.5. The second-order valence-electron chi connectivity index (χ2n) is 10.1. The lowest BCUT2D eigenvalue weighted by atomic mass is 10.0. The van der Waals surface area contributed by atoms with Crippen molar-refractivity contribution in [2.75, 3.05) is 32.1 Å². The van der Waals surface area contributed by atoms with Gasteiger partial charge < -0.3 is 24.3 Å². The van der Waals surface area contributed by atoms with Crippen LogP contribution in [-0.2, 0) is 17.8 Å². The van der Waals surface area contributed by atoms with Gasteiger partial charge in [0.15, 0.2) is 5.82 Å². The third-order valence-electron chi connectivity index (χ3n) is 6.18. The van der Waals surface area contributed by atoms with Gasteiger partial charge in [0.05, 0.1) is 42.4 Å². The highest BCUT2D eigenvalue weighted by Gasteiger charge is 2.20. The molecule has 11 nitrogen and oxygen atoms in total. The van der Waals surface area contributed by atoms with E-state index in [9.17, 15) is 9.59 Å². The Bertz CT molecular complexity index is 1260. The van der Waals surface area contributed by atoms with Gasteiger partial charge in [-0.1, -0.05) is 0 Å². The molecule has 1 fully saturated rings. The van der Waals surface area contributed by atoms with Crippen LogP contribution in [0.1, 0.15) is 39.3 Å². The topological polar surface area (TPSA) is 124 Å². The fourth-order valence-corrected chi connectivity index (χ4v) is 4.26. The smallest absolute Gasteiger partial charge is 0.413 e. The molecule has 0 aromatic carbocycles. The summed E-state index contributed by atoms with van der Waals surface area (Å²) in [4.78, 5) is 39.8. The zero-order valence-electron chi connectivity index (χ0n) is 21.9. The summed E-state index contributed by atoms with van der Waals surface area (Å²) >= 11 is 0. The number of methoxy groups -OCH3 is 1. The Hall–Kier alpha value is -3.57. The van der Waals surface area contributed by atoms with Crippen molar-refractivity contribution in [2.45, 2.75) is 58.3 Å². The van der Waals surface area contributed by atoms with Crippen LogP contribution in [0.4, 0.5) is 10.6 Å². The molecule has 0 atom stereocenters. The van der Waals surface area contributed by atoms with E-state index in [0.29, 0.717) is 30.7 Å². The van der Waals surface area contributed by atoms with Gasteiger partial charge in [-0.05, 0) is 52.8 Å². The average Bonchev–Trinajstić information content (AvgIpc) is 2.87. The number of aromatic nitrogens is 4. The van der Waals surface area contributed by atoms with Crippen LogP contribution in [0, 0.1) is 0 Å². The number of anilines is 1. The summed E-state index contributed by atoms with van der Waals surface area (Å²) in [6.07, 6.45) is 6.30. The van der Waals surface area contributed by atoms with E-state index in [2.05, 4.69) is 30.5 Å². The van der Waals surface area contributed by atoms with Crippen molar-refractivity contribution in [3.05, 3.63) is 52.8 Å². The third-order valence-corrected chi connectivity index (χ3v) is 6.18. The SMILES string of the molecule is COc1cnc2ccc(=O)n(CCN3CCC(NCc4cnc(NC(=O)OC(C)(C)C)cn4)CC3)c2c1. The number of carbonyl (C=O) groups is 1. The van der Waals surface area contributed by atoms with Crippen LogP contribution in [0.2, 0.25) is 0 Å². The van der Waals surface area contributed by atoms with Gasteiger partial charge >= 0.3 is 6.09 Å². The first-order chi connectivity index (χ1) is 17.7. The van der Waals surface area contributed by atoms with Gasteiger partial charge in [-0.2, -0.15) is 0 Å². The quantitative estimate of drug-likeness (QED) is 0.472. The summed E-state index contributed by atoms with van der Waals surface area (Å²) in [5.74, 6) is 0.989. The van der Waals surface area contributed by atoms with Crippen LogP contribution in [0.3, 0.4) is 0 Å². The molecule has 198 valence electrons. The van der Waals surface area contributed by atoms with Crippen molar-refractivity contribution < 1.29 is 14.3 Å². The summed E-state index contributed by atoms with van der Waals surface area (Å²) in [6.45, 7) is 9.30. The summed E-state index contributed by atoms with van der Waals surface area (Å²) in [5, 5.41) is 6.14. The van der Waals surface area contributed by atoms with Crippen molar-refractivity contribution in [1.29, 1.82) is 0 Å². The molecule has 4 heterocycles. The van der Waals surface area contributed by atoms with Crippen molar-refractivity contribution in [3.8, 4) is 5.75 Å². The van der Waals surface area contributed by atoms with Crippen molar-refractivity contribution in [2.24, 2.45) is 0 Å². The van der Waals surface area contributed by atoms with Gasteiger partial charge in [-0.25, -0.2) is 9.78 Å². The Morgan fingerprint density at radius 3 is 2.54 bits per heavy atom. The molecule has 2 N–H and O–H groups in total. The molecule has 1 saturated heterocycles. The Morgan fingerprint density at radius 2 is 1.86 bits per heavy atom. The standard InChI is InChI=1S/C26H35N7O4/c1-26(2,3)37-25(35)31-23-17-28-19(15-30-23)14-27-18-7-9-32(10-8-18)11-12-33-22-13-20(36-4)16-29-21(22)5-6-24(33)34/h5-6,13,15-18,27H,7-12,14H2,1-4H3,(H,30,31,35). The van der Waals surface area contributed by atoms with E-state index in [1.807, 2.05) is 6.07 Å². The second-order valence-corrected chi connectivity index (χ2v) is 10.1. The Morgan fingerprint density at radius 1 is 1.08 bits per heavy atom. The number of nitrogens with one attached hydrogen (secondary N) is 2. The first-order valence-corrected chi connectivity index (χ1v) is 12.5. The van der Waals surface area contributed by atoms with E-state index in [0.717, 1.165) is 49.2 Å². The summed E-state index contributed by atoms with van der Waals surface area (Å²) in [5.41, 5.74) is 1.76. The molecule has 0 spiro atoms. The van der Waals surface area contributed by atoms with E-state index in [4.69, 9.17) is 9.47 Å².